The van der Waals surface area contributed by atoms with Gasteiger partial charge in [0.2, 0.25) is 0 Å². The molecular formula is C17H29N. The average Bonchev–Trinajstić information content (AvgIpc) is 2.39. The Labute approximate surface area is 113 Å². The molecule has 0 aromatic heterocycles. The third-order valence-corrected chi connectivity index (χ3v) is 3.12. The Bertz CT molecular complexity index is 273. The van der Waals surface area contributed by atoms with E-state index in [4.69, 9.17) is 0 Å². The van der Waals surface area contributed by atoms with Gasteiger partial charge in [0.05, 0.1) is 0 Å². The minimum Gasteiger partial charge on any atom is -0.261 e. The number of rotatable bonds is 11. The van der Waals surface area contributed by atoms with Crippen LogP contribution in [0.4, 0.5) is 0 Å². The molecule has 0 rings (SSSR count). The third-order valence-electron chi connectivity index (χ3n) is 3.12. The highest BCUT2D eigenvalue weighted by Crippen LogP contribution is 2.19. The van der Waals surface area contributed by atoms with E-state index >= 15 is 0 Å². The number of allylic oxidation sites excluding steroid dienone is 3. The van der Waals surface area contributed by atoms with Gasteiger partial charge in [-0.15, -0.1) is 0 Å². The largest absolute Gasteiger partial charge is 0.261 e. The van der Waals surface area contributed by atoms with Crippen LogP contribution in [0.3, 0.4) is 0 Å². The monoisotopic (exact) mass is 247 g/mol. The van der Waals surface area contributed by atoms with Crippen molar-refractivity contribution in [2.45, 2.75) is 58.8 Å². The quantitative estimate of drug-likeness (QED) is 0.252. The van der Waals surface area contributed by atoms with Crippen molar-refractivity contribution >= 4 is 5.71 Å². The molecule has 0 aliphatic carbocycles. The third kappa shape index (κ3) is 8.05. The highest BCUT2D eigenvalue weighted by molar-refractivity contribution is 5.96. The number of unbranched alkanes of at least 4 members (excludes halogenated alkanes) is 3. The van der Waals surface area contributed by atoms with Gasteiger partial charge in [-0.25, -0.2) is 0 Å². The summed E-state index contributed by atoms with van der Waals surface area (Å²) in [5.41, 5.74) is 1.13. The van der Waals surface area contributed by atoms with Crippen molar-refractivity contribution in [3.05, 3.63) is 37.6 Å². The van der Waals surface area contributed by atoms with Gasteiger partial charge in [0, 0.05) is 17.8 Å². The number of nitrogens with zero attached hydrogens (tertiary/aromatic N) is 1. The molecule has 1 heteroatoms. The summed E-state index contributed by atoms with van der Waals surface area (Å²) < 4.78 is 0. The molecule has 0 aliphatic rings. The molecule has 18 heavy (non-hydrogen) atoms. The van der Waals surface area contributed by atoms with Crippen molar-refractivity contribution in [2.75, 3.05) is 0 Å². The van der Waals surface area contributed by atoms with Crippen molar-refractivity contribution in [1.29, 1.82) is 0 Å². The first-order valence-corrected chi connectivity index (χ1v) is 7.27. The fraction of sp³-hybridized carbons (Fsp3) is 0.588. The van der Waals surface area contributed by atoms with Crippen molar-refractivity contribution < 1.29 is 0 Å². The lowest BCUT2D eigenvalue weighted by atomic mass is 9.91. The molecule has 0 saturated carbocycles. The zero-order valence-electron chi connectivity index (χ0n) is 12.2. The average molecular weight is 247 g/mol. The van der Waals surface area contributed by atoms with Crippen molar-refractivity contribution in [2.24, 2.45) is 10.9 Å². The van der Waals surface area contributed by atoms with E-state index < -0.39 is 0 Å². The zero-order chi connectivity index (χ0) is 13.6. The maximum absolute atomic E-state index is 4.50. The summed E-state index contributed by atoms with van der Waals surface area (Å²) in [7, 11) is 0. The van der Waals surface area contributed by atoms with Gasteiger partial charge in [-0.3, -0.25) is 4.99 Å². The lowest BCUT2D eigenvalue weighted by Gasteiger charge is -2.15. The van der Waals surface area contributed by atoms with Crippen LogP contribution >= 0.6 is 0 Å². The first-order chi connectivity index (χ1) is 8.79. The molecule has 102 valence electrons. The smallest absolute Gasteiger partial charge is 0.0428 e. The summed E-state index contributed by atoms with van der Waals surface area (Å²) in [5, 5.41) is 0. The Morgan fingerprint density at radius 2 is 1.83 bits per heavy atom. The summed E-state index contributed by atoms with van der Waals surface area (Å²) >= 11 is 0. The molecule has 0 aromatic carbocycles. The molecule has 0 aliphatic heterocycles. The molecule has 0 amide bonds. The van der Waals surface area contributed by atoms with Gasteiger partial charge in [-0.1, -0.05) is 65.2 Å². The summed E-state index contributed by atoms with van der Waals surface area (Å²) in [6, 6.07) is 0. The van der Waals surface area contributed by atoms with Gasteiger partial charge in [0.1, 0.15) is 0 Å². The van der Waals surface area contributed by atoms with Crippen LogP contribution in [0.1, 0.15) is 58.8 Å². The van der Waals surface area contributed by atoms with Crippen LogP contribution in [0.5, 0.6) is 0 Å². The molecule has 0 bridgehead atoms. The fourth-order valence-corrected chi connectivity index (χ4v) is 2.12. The second-order valence-electron chi connectivity index (χ2n) is 4.67. The highest BCUT2D eigenvalue weighted by atomic mass is 14.7. The number of aliphatic imine (C=N–C) groups is 1. The van der Waals surface area contributed by atoms with Gasteiger partial charge in [0.25, 0.3) is 0 Å². The Morgan fingerprint density at radius 3 is 2.39 bits per heavy atom. The van der Waals surface area contributed by atoms with E-state index in [1.807, 2.05) is 18.4 Å². The van der Waals surface area contributed by atoms with Crippen LogP contribution in [-0.2, 0) is 0 Å². The van der Waals surface area contributed by atoms with Gasteiger partial charge in [-0.2, -0.15) is 0 Å². The summed E-state index contributed by atoms with van der Waals surface area (Å²) in [6.45, 7) is 12.0. The Morgan fingerprint density at radius 1 is 1.06 bits per heavy atom. The molecule has 0 fully saturated rings. The van der Waals surface area contributed by atoms with Crippen LogP contribution in [0.25, 0.3) is 0 Å². The van der Waals surface area contributed by atoms with Crippen LogP contribution in [0, 0.1) is 5.92 Å². The Balaban J connectivity index is 4.41. The molecule has 1 nitrogen and oxygen atoms in total. The van der Waals surface area contributed by atoms with Gasteiger partial charge in [0.15, 0.2) is 0 Å². The number of hydrogen-bond donors (Lipinski definition) is 0. The first kappa shape index (κ1) is 16.9. The van der Waals surface area contributed by atoms with Crippen molar-refractivity contribution in [3.8, 4) is 0 Å². The van der Waals surface area contributed by atoms with Crippen LogP contribution in [0.2, 0.25) is 0 Å². The van der Waals surface area contributed by atoms with Crippen molar-refractivity contribution in [3.63, 3.8) is 0 Å². The van der Waals surface area contributed by atoms with Crippen LogP contribution < -0.4 is 0 Å². The standard InChI is InChI=1S/C17H29N/c1-5-9-11-12-14-16(13-7-3)17(8-4)18-15-10-6-2/h6,8,10,15-16H,2,4-5,7,9,11-14H2,1,3H3/b15-10-,18-17?. The second kappa shape index (κ2) is 12.3. The molecule has 1 atom stereocenters. The topological polar surface area (TPSA) is 12.4 Å². The summed E-state index contributed by atoms with van der Waals surface area (Å²) in [5.74, 6) is 0.568. The predicted molar refractivity (Wildman–Crippen MR) is 84.1 cm³/mol. The molecular weight excluding hydrogens is 218 g/mol. The van der Waals surface area contributed by atoms with E-state index in [-0.39, 0.29) is 0 Å². The van der Waals surface area contributed by atoms with E-state index in [0.717, 1.165) is 5.71 Å². The molecule has 0 saturated heterocycles. The molecule has 0 aromatic rings. The Kier molecular flexibility index (Phi) is 11.6. The molecule has 0 heterocycles. The van der Waals surface area contributed by atoms with Gasteiger partial charge >= 0.3 is 0 Å². The Hall–Kier alpha value is -1.11. The van der Waals surface area contributed by atoms with E-state index in [2.05, 4.69) is 32.0 Å². The summed E-state index contributed by atoms with van der Waals surface area (Å²) in [4.78, 5) is 4.50. The second-order valence-corrected chi connectivity index (χ2v) is 4.67. The normalized spacial score (nSPS) is 13.8. The SMILES string of the molecule is C=C/C=C\N=C(C=C)C(CCC)CCCCCC. The van der Waals surface area contributed by atoms with Gasteiger partial charge in [-0.05, 0) is 25.0 Å². The molecule has 0 spiro atoms. The minimum atomic E-state index is 0.568. The van der Waals surface area contributed by atoms with E-state index in [1.54, 1.807) is 6.08 Å². The molecule has 0 N–H and O–H groups in total. The lowest BCUT2D eigenvalue weighted by Crippen LogP contribution is -2.12. The molecule has 0 radical (unpaired) electrons. The van der Waals surface area contributed by atoms with E-state index in [1.165, 1.54) is 44.9 Å². The summed E-state index contributed by atoms with van der Waals surface area (Å²) in [6.07, 6.45) is 16.3. The van der Waals surface area contributed by atoms with Crippen LogP contribution in [0.15, 0.2) is 42.6 Å². The highest BCUT2D eigenvalue weighted by Gasteiger charge is 2.11. The van der Waals surface area contributed by atoms with Gasteiger partial charge < -0.3 is 0 Å². The zero-order valence-corrected chi connectivity index (χ0v) is 12.2. The fourth-order valence-electron chi connectivity index (χ4n) is 2.12. The van der Waals surface area contributed by atoms with E-state index in [9.17, 15) is 0 Å². The number of hydrogen-bond acceptors (Lipinski definition) is 1. The molecule has 1 unspecified atom stereocenters. The first-order valence-electron chi connectivity index (χ1n) is 7.27. The van der Waals surface area contributed by atoms with E-state index in [0.29, 0.717) is 5.92 Å². The predicted octanol–water partition coefficient (Wildman–Crippen LogP) is 5.70. The maximum Gasteiger partial charge on any atom is 0.0428 e. The minimum absolute atomic E-state index is 0.568. The maximum atomic E-state index is 4.50. The lowest BCUT2D eigenvalue weighted by molar-refractivity contribution is 0.520. The van der Waals surface area contributed by atoms with Crippen LogP contribution in [-0.4, -0.2) is 5.71 Å². The van der Waals surface area contributed by atoms with Crippen molar-refractivity contribution in [1.82, 2.24) is 0 Å².